The third-order valence-electron chi connectivity index (χ3n) is 2.88. The van der Waals surface area contributed by atoms with Gasteiger partial charge in [0.25, 0.3) is 5.91 Å². The minimum Gasteiger partial charge on any atom is -0.436 e. The molecule has 92 valence electrons. The third-order valence-corrected chi connectivity index (χ3v) is 2.88. The lowest BCUT2D eigenvalue weighted by Crippen LogP contribution is -2.46. The molecule has 0 aliphatic heterocycles. The molecule has 1 aromatic heterocycles. The molecule has 0 fully saturated rings. The predicted molar refractivity (Wildman–Crippen MR) is 62.4 cm³/mol. The molecule has 0 atom stereocenters. The monoisotopic (exact) mass is 235 g/mol. The highest BCUT2D eigenvalue weighted by molar-refractivity contribution is 5.93. The van der Waals surface area contributed by atoms with Gasteiger partial charge < -0.3 is 9.73 Å². The van der Waals surface area contributed by atoms with Gasteiger partial charge in [0.1, 0.15) is 5.54 Å². The van der Waals surface area contributed by atoms with Crippen molar-refractivity contribution in [2.75, 3.05) is 0 Å². The maximum atomic E-state index is 12.0. The van der Waals surface area contributed by atoms with E-state index >= 15 is 0 Å². The number of aromatic nitrogens is 1. The van der Waals surface area contributed by atoms with Crippen molar-refractivity contribution >= 4 is 5.91 Å². The van der Waals surface area contributed by atoms with Crippen LogP contribution in [0.3, 0.4) is 0 Å². The fourth-order valence-corrected chi connectivity index (χ4v) is 1.63. The summed E-state index contributed by atoms with van der Waals surface area (Å²) in [6, 6.07) is 2.15. The predicted octanol–water partition coefficient (Wildman–Crippen LogP) is 2.10. The molecule has 5 heteroatoms. The fourth-order valence-electron chi connectivity index (χ4n) is 1.63. The summed E-state index contributed by atoms with van der Waals surface area (Å²) in [5.74, 6) is 0.251. The second kappa shape index (κ2) is 5.00. The molecule has 0 radical (unpaired) electrons. The number of carbonyl (C=O) groups is 1. The Balaban J connectivity index is 2.93. The quantitative estimate of drug-likeness (QED) is 0.866. The minimum atomic E-state index is -0.829. The van der Waals surface area contributed by atoms with Crippen LogP contribution in [0.4, 0.5) is 0 Å². The van der Waals surface area contributed by atoms with E-state index in [0.29, 0.717) is 24.4 Å². The molecule has 0 saturated heterocycles. The summed E-state index contributed by atoms with van der Waals surface area (Å²) in [5.41, 5.74) is -0.288. The maximum absolute atomic E-state index is 12.0. The highest BCUT2D eigenvalue weighted by Gasteiger charge is 2.30. The first-order valence-electron chi connectivity index (χ1n) is 5.65. The molecular formula is C12H17N3O2. The molecule has 5 nitrogen and oxygen atoms in total. The average Bonchev–Trinajstić information content (AvgIpc) is 2.65. The number of carbonyl (C=O) groups excluding carboxylic acids is 1. The van der Waals surface area contributed by atoms with Crippen LogP contribution < -0.4 is 5.32 Å². The number of hydrogen-bond acceptors (Lipinski definition) is 4. The maximum Gasteiger partial charge on any atom is 0.290 e. The van der Waals surface area contributed by atoms with E-state index in [2.05, 4.69) is 16.4 Å². The number of oxazole rings is 1. The Morgan fingerprint density at radius 3 is 2.41 bits per heavy atom. The topological polar surface area (TPSA) is 78.9 Å². The summed E-state index contributed by atoms with van der Waals surface area (Å²) in [6.45, 7) is 7.12. The summed E-state index contributed by atoms with van der Waals surface area (Å²) < 4.78 is 5.22. The minimum absolute atomic E-state index is 0.184. The molecule has 0 aromatic carbocycles. The van der Waals surface area contributed by atoms with Crippen LogP contribution in [0.1, 0.15) is 48.8 Å². The van der Waals surface area contributed by atoms with E-state index in [0.717, 1.165) is 0 Å². The number of rotatable bonds is 4. The van der Waals surface area contributed by atoms with E-state index in [1.807, 2.05) is 13.8 Å². The Bertz CT molecular complexity index is 453. The lowest BCUT2D eigenvalue weighted by Gasteiger charge is -2.24. The van der Waals surface area contributed by atoms with Crippen LogP contribution in [-0.4, -0.2) is 16.4 Å². The molecule has 0 unspecified atom stereocenters. The summed E-state index contributed by atoms with van der Waals surface area (Å²) in [4.78, 5) is 16.0. The molecular weight excluding hydrogens is 218 g/mol. The summed E-state index contributed by atoms with van der Waals surface area (Å²) in [7, 11) is 0. The molecule has 1 heterocycles. The third kappa shape index (κ3) is 2.64. The molecule has 1 amide bonds. The van der Waals surface area contributed by atoms with E-state index in [1.165, 1.54) is 0 Å². The van der Waals surface area contributed by atoms with Gasteiger partial charge in [-0.25, -0.2) is 4.98 Å². The van der Waals surface area contributed by atoms with Crippen LogP contribution in [0.15, 0.2) is 4.42 Å². The van der Waals surface area contributed by atoms with Crippen LogP contribution in [0.25, 0.3) is 0 Å². The van der Waals surface area contributed by atoms with Gasteiger partial charge in [-0.05, 0) is 19.8 Å². The molecule has 1 aromatic rings. The van der Waals surface area contributed by atoms with Crippen LogP contribution in [0.2, 0.25) is 0 Å². The van der Waals surface area contributed by atoms with Gasteiger partial charge in [0.05, 0.1) is 11.8 Å². The van der Waals surface area contributed by atoms with Gasteiger partial charge >= 0.3 is 0 Å². The van der Waals surface area contributed by atoms with E-state index in [4.69, 9.17) is 9.68 Å². The summed E-state index contributed by atoms with van der Waals surface area (Å²) in [5, 5.41) is 11.9. The molecule has 17 heavy (non-hydrogen) atoms. The van der Waals surface area contributed by atoms with E-state index < -0.39 is 5.54 Å². The van der Waals surface area contributed by atoms with Crippen molar-refractivity contribution in [1.82, 2.24) is 10.3 Å². The molecule has 1 rings (SSSR count). The fraction of sp³-hybridized carbons (Fsp3) is 0.583. The Kier molecular flexibility index (Phi) is 3.89. The van der Waals surface area contributed by atoms with Crippen molar-refractivity contribution in [2.45, 2.75) is 46.1 Å². The standard InChI is InChI=1S/C12H17N3O2/c1-5-12(6-2,7-13)15-11(16)10-8(3)14-9(4)17-10/h5-6H2,1-4H3,(H,15,16). The first-order chi connectivity index (χ1) is 7.98. The van der Waals surface area contributed by atoms with E-state index in [9.17, 15) is 4.79 Å². The normalized spacial score (nSPS) is 11.0. The molecule has 0 saturated carbocycles. The first kappa shape index (κ1) is 13.2. The van der Waals surface area contributed by atoms with Gasteiger partial charge in [-0.15, -0.1) is 0 Å². The number of nitrogens with zero attached hydrogens (tertiary/aromatic N) is 2. The van der Waals surface area contributed by atoms with Gasteiger partial charge in [-0.1, -0.05) is 13.8 Å². The van der Waals surface area contributed by atoms with Crippen LogP contribution in [0, 0.1) is 25.2 Å². The van der Waals surface area contributed by atoms with Gasteiger partial charge in [-0.3, -0.25) is 4.79 Å². The Morgan fingerprint density at radius 2 is 2.06 bits per heavy atom. The van der Waals surface area contributed by atoms with Gasteiger partial charge in [0, 0.05) is 6.92 Å². The molecule has 0 spiro atoms. The Hall–Kier alpha value is -1.83. The lowest BCUT2D eigenvalue weighted by molar-refractivity contribution is 0.0885. The Morgan fingerprint density at radius 1 is 1.47 bits per heavy atom. The number of amides is 1. The second-order valence-electron chi connectivity index (χ2n) is 4.00. The smallest absolute Gasteiger partial charge is 0.290 e. The highest BCUT2D eigenvalue weighted by atomic mass is 16.4. The second-order valence-corrected chi connectivity index (χ2v) is 4.00. The summed E-state index contributed by atoms with van der Waals surface area (Å²) in [6.07, 6.45) is 1.11. The van der Waals surface area contributed by atoms with Crippen molar-refractivity contribution in [1.29, 1.82) is 5.26 Å². The number of aryl methyl sites for hydroxylation is 2. The largest absolute Gasteiger partial charge is 0.436 e. The van der Waals surface area contributed by atoms with Crippen LogP contribution in [-0.2, 0) is 0 Å². The van der Waals surface area contributed by atoms with Crippen LogP contribution in [0.5, 0.6) is 0 Å². The van der Waals surface area contributed by atoms with E-state index in [1.54, 1.807) is 13.8 Å². The van der Waals surface area contributed by atoms with Gasteiger partial charge in [0.2, 0.25) is 5.76 Å². The molecule has 1 N–H and O–H groups in total. The van der Waals surface area contributed by atoms with Crippen molar-refractivity contribution in [3.8, 4) is 6.07 Å². The van der Waals surface area contributed by atoms with Crippen molar-refractivity contribution in [3.05, 3.63) is 17.3 Å². The number of nitriles is 1. The SMILES string of the molecule is CCC(C#N)(CC)NC(=O)c1oc(C)nc1C. The zero-order valence-corrected chi connectivity index (χ0v) is 10.6. The molecule has 0 aliphatic rings. The van der Waals surface area contributed by atoms with Crippen LogP contribution >= 0.6 is 0 Å². The number of nitrogens with one attached hydrogen (secondary N) is 1. The molecule has 0 aliphatic carbocycles. The molecule has 0 bridgehead atoms. The number of hydrogen-bond donors (Lipinski definition) is 1. The zero-order chi connectivity index (χ0) is 13.1. The Labute approximate surface area is 101 Å². The zero-order valence-electron chi connectivity index (χ0n) is 10.6. The highest BCUT2D eigenvalue weighted by Crippen LogP contribution is 2.16. The van der Waals surface area contributed by atoms with Crippen molar-refractivity contribution in [2.24, 2.45) is 0 Å². The van der Waals surface area contributed by atoms with Crippen molar-refractivity contribution < 1.29 is 9.21 Å². The average molecular weight is 235 g/mol. The first-order valence-corrected chi connectivity index (χ1v) is 5.65. The van der Waals surface area contributed by atoms with Gasteiger partial charge in [0.15, 0.2) is 5.89 Å². The van der Waals surface area contributed by atoms with Gasteiger partial charge in [-0.2, -0.15) is 5.26 Å². The van der Waals surface area contributed by atoms with Crippen molar-refractivity contribution in [3.63, 3.8) is 0 Å². The lowest BCUT2D eigenvalue weighted by atomic mass is 9.94. The summed E-state index contributed by atoms with van der Waals surface area (Å²) >= 11 is 0. The van der Waals surface area contributed by atoms with E-state index in [-0.39, 0.29) is 11.7 Å².